The van der Waals surface area contributed by atoms with Crippen LogP contribution in [0.4, 0.5) is 0 Å². The zero-order valence-corrected chi connectivity index (χ0v) is 11.7. The Hall–Kier alpha value is -0.580. The van der Waals surface area contributed by atoms with Crippen LogP contribution in [0.25, 0.3) is 0 Å². The fourth-order valence-corrected chi connectivity index (χ4v) is 3.28. The molecule has 2 heterocycles. The summed E-state index contributed by atoms with van der Waals surface area (Å²) >= 11 is 5.26. The first-order valence-electron chi connectivity index (χ1n) is 5.15. The topological polar surface area (TPSA) is 25.2 Å². The van der Waals surface area contributed by atoms with Gasteiger partial charge in [-0.1, -0.05) is 0 Å². The number of likely N-dealkylation sites (N-methyl/N-ethyl adjacent to an activating group) is 1. The molecule has 0 amide bonds. The summed E-state index contributed by atoms with van der Waals surface area (Å²) in [6, 6.07) is 4.54. The van der Waals surface area contributed by atoms with Crippen molar-refractivity contribution in [1.29, 1.82) is 0 Å². The van der Waals surface area contributed by atoms with Gasteiger partial charge in [0.1, 0.15) is 5.76 Å². The minimum absolute atomic E-state index is 0.323. The molecule has 0 fully saturated rings. The van der Waals surface area contributed by atoms with E-state index in [2.05, 4.69) is 32.7 Å². The minimum Gasteiger partial charge on any atom is -0.469 e. The number of hydrogen-bond acceptors (Lipinski definition) is 3. The van der Waals surface area contributed by atoms with Crippen molar-refractivity contribution in [3.63, 3.8) is 0 Å². The van der Waals surface area contributed by atoms with Crippen molar-refractivity contribution < 1.29 is 4.42 Å². The van der Waals surface area contributed by atoms with Crippen LogP contribution in [-0.4, -0.2) is 7.05 Å². The third-order valence-electron chi connectivity index (χ3n) is 2.65. The van der Waals surface area contributed by atoms with Crippen LogP contribution >= 0.6 is 27.3 Å². The van der Waals surface area contributed by atoms with E-state index >= 15 is 0 Å². The number of furan rings is 1. The first-order valence-corrected chi connectivity index (χ1v) is 6.82. The maximum Gasteiger partial charge on any atom is 0.105 e. The first-order chi connectivity index (χ1) is 7.70. The zero-order valence-electron chi connectivity index (χ0n) is 9.29. The Labute approximate surface area is 108 Å². The van der Waals surface area contributed by atoms with E-state index in [0.717, 1.165) is 16.7 Å². The predicted molar refractivity (Wildman–Crippen MR) is 71.0 cm³/mol. The molecule has 0 aromatic carbocycles. The molecule has 0 aliphatic rings. The van der Waals surface area contributed by atoms with Gasteiger partial charge in [0.25, 0.3) is 0 Å². The fraction of sp³-hybridized carbons (Fsp3) is 0.333. The molecule has 1 unspecified atom stereocenters. The van der Waals surface area contributed by atoms with Gasteiger partial charge < -0.3 is 9.73 Å². The third-order valence-corrected chi connectivity index (χ3v) is 4.37. The Morgan fingerprint density at radius 2 is 2.38 bits per heavy atom. The van der Waals surface area contributed by atoms with Gasteiger partial charge in [-0.2, -0.15) is 0 Å². The van der Waals surface area contributed by atoms with E-state index < -0.39 is 0 Å². The maximum atomic E-state index is 5.34. The lowest BCUT2D eigenvalue weighted by Gasteiger charge is -2.14. The molecule has 4 heteroatoms. The molecular formula is C12H14BrNOS. The summed E-state index contributed by atoms with van der Waals surface area (Å²) in [4.78, 5) is 1.37. The van der Waals surface area contributed by atoms with Crippen molar-refractivity contribution in [2.24, 2.45) is 0 Å². The molecule has 0 spiro atoms. The molecule has 16 heavy (non-hydrogen) atoms. The van der Waals surface area contributed by atoms with E-state index in [1.807, 2.05) is 20.0 Å². The average molecular weight is 300 g/mol. The van der Waals surface area contributed by atoms with Crippen LogP contribution in [-0.2, 0) is 6.42 Å². The third kappa shape index (κ3) is 2.56. The van der Waals surface area contributed by atoms with Crippen LogP contribution in [0.15, 0.2) is 32.7 Å². The number of thiophene rings is 1. The highest BCUT2D eigenvalue weighted by atomic mass is 79.9. The van der Waals surface area contributed by atoms with Gasteiger partial charge in [-0.25, -0.2) is 0 Å². The Morgan fingerprint density at radius 1 is 1.56 bits per heavy atom. The van der Waals surface area contributed by atoms with Gasteiger partial charge in [0.2, 0.25) is 0 Å². The minimum atomic E-state index is 0.323. The van der Waals surface area contributed by atoms with Gasteiger partial charge >= 0.3 is 0 Å². The van der Waals surface area contributed by atoms with E-state index in [1.54, 1.807) is 17.6 Å². The number of rotatable bonds is 4. The smallest absolute Gasteiger partial charge is 0.105 e. The summed E-state index contributed by atoms with van der Waals surface area (Å²) in [6.45, 7) is 2.00. The highest BCUT2D eigenvalue weighted by Gasteiger charge is 2.15. The average Bonchev–Trinajstić information content (AvgIpc) is 2.84. The monoisotopic (exact) mass is 299 g/mol. The highest BCUT2D eigenvalue weighted by Crippen LogP contribution is 2.27. The van der Waals surface area contributed by atoms with Gasteiger partial charge in [0.05, 0.1) is 6.26 Å². The second kappa shape index (κ2) is 5.17. The van der Waals surface area contributed by atoms with Crippen molar-refractivity contribution in [1.82, 2.24) is 5.32 Å². The van der Waals surface area contributed by atoms with Crippen molar-refractivity contribution in [2.45, 2.75) is 19.4 Å². The molecule has 86 valence electrons. The van der Waals surface area contributed by atoms with Crippen molar-refractivity contribution in [2.75, 3.05) is 7.05 Å². The van der Waals surface area contributed by atoms with E-state index in [-0.39, 0.29) is 0 Å². The lowest BCUT2D eigenvalue weighted by Crippen LogP contribution is -2.18. The standard InChI is InChI=1S/C12H14BrNOS/c1-8-11(3-4-15-8)12(14-2)6-10-5-9(13)7-16-10/h3-5,7,12,14H,6H2,1-2H3. The fourth-order valence-electron chi connectivity index (χ4n) is 1.79. The molecular weight excluding hydrogens is 286 g/mol. The van der Waals surface area contributed by atoms with E-state index in [4.69, 9.17) is 4.42 Å². The van der Waals surface area contributed by atoms with E-state index in [9.17, 15) is 0 Å². The summed E-state index contributed by atoms with van der Waals surface area (Å²) in [5, 5.41) is 5.45. The van der Waals surface area contributed by atoms with Gasteiger partial charge in [-0.3, -0.25) is 0 Å². The van der Waals surface area contributed by atoms with Crippen molar-refractivity contribution >= 4 is 27.3 Å². The molecule has 0 radical (unpaired) electrons. The summed E-state index contributed by atoms with van der Waals surface area (Å²) in [5.41, 5.74) is 1.24. The predicted octanol–water partition coefficient (Wildman–Crippen LogP) is 3.92. The molecule has 0 bridgehead atoms. The summed E-state index contributed by atoms with van der Waals surface area (Å²) in [5.74, 6) is 0.995. The highest BCUT2D eigenvalue weighted by molar-refractivity contribution is 9.10. The van der Waals surface area contributed by atoms with E-state index in [0.29, 0.717) is 6.04 Å². The molecule has 0 saturated carbocycles. The van der Waals surface area contributed by atoms with Crippen LogP contribution < -0.4 is 5.32 Å². The van der Waals surface area contributed by atoms with Gasteiger partial charge in [-0.05, 0) is 42.0 Å². The number of nitrogens with one attached hydrogen (secondary N) is 1. The molecule has 2 nitrogen and oxygen atoms in total. The molecule has 2 aromatic rings. The SMILES string of the molecule is CNC(Cc1cc(Br)cs1)c1ccoc1C. The zero-order chi connectivity index (χ0) is 11.5. The maximum absolute atomic E-state index is 5.34. The largest absolute Gasteiger partial charge is 0.469 e. The molecule has 2 aromatic heterocycles. The van der Waals surface area contributed by atoms with Crippen LogP contribution in [0.3, 0.4) is 0 Å². The second-order valence-electron chi connectivity index (χ2n) is 3.71. The molecule has 0 saturated heterocycles. The Balaban J connectivity index is 2.15. The van der Waals surface area contributed by atoms with Crippen LogP contribution in [0.1, 0.15) is 22.2 Å². The normalized spacial score (nSPS) is 12.9. The molecule has 1 N–H and O–H groups in total. The van der Waals surface area contributed by atoms with Crippen molar-refractivity contribution in [3.05, 3.63) is 44.4 Å². The van der Waals surface area contributed by atoms with Crippen LogP contribution in [0.2, 0.25) is 0 Å². The quantitative estimate of drug-likeness (QED) is 0.926. The van der Waals surface area contributed by atoms with Crippen molar-refractivity contribution in [3.8, 4) is 0 Å². The van der Waals surface area contributed by atoms with Crippen LogP contribution in [0.5, 0.6) is 0 Å². The Morgan fingerprint density at radius 3 is 2.88 bits per heavy atom. The second-order valence-corrected chi connectivity index (χ2v) is 5.62. The van der Waals surface area contributed by atoms with Gasteiger partial charge in [0.15, 0.2) is 0 Å². The summed E-state index contributed by atoms with van der Waals surface area (Å²) in [6.07, 6.45) is 2.74. The van der Waals surface area contributed by atoms with Crippen LogP contribution in [0, 0.1) is 6.92 Å². The summed E-state index contributed by atoms with van der Waals surface area (Å²) in [7, 11) is 1.99. The number of aryl methyl sites for hydroxylation is 1. The molecule has 0 aliphatic heterocycles. The first kappa shape index (κ1) is 11.9. The summed E-state index contributed by atoms with van der Waals surface area (Å²) < 4.78 is 6.50. The lowest BCUT2D eigenvalue weighted by molar-refractivity contribution is 0.513. The number of hydrogen-bond donors (Lipinski definition) is 1. The lowest BCUT2D eigenvalue weighted by atomic mass is 10.0. The molecule has 0 aliphatic carbocycles. The Kier molecular flexibility index (Phi) is 3.84. The number of halogens is 1. The van der Waals surface area contributed by atoms with E-state index in [1.165, 1.54) is 10.4 Å². The molecule has 1 atom stereocenters. The Bertz CT molecular complexity index is 463. The van der Waals surface area contributed by atoms with Gasteiger partial charge in [-0.15, -0.1) is 11.3 Å². The van der Waals surface area contributed by atoms with Gasteiger partial charge in [0, 0.05) is 32.8 Å². The molecule has 2 rings (SSSR count).